The van der Waals surface area contributed by atoms with Gasteiger partial charge in [-0.3, -0.25) is 4.79 Å². The number of likely N-dealkylation sites (tertiary alicyclic amines) is 1. The molecule has 0 aliphatic carbocycles. The molecule has 1 aliphatic rings. The van der Waals surface area contributed by atoms with Crippen LogP contribution in [0.1, 0.15) is 41.5 Å². The molecular formula is C19H25N3O2. The van der Waals surface area contributed by atoms with Gasteiger partial charge in [-0.25, -0.2) is 9.97 Å². The third-order valence-electron chi connectivity index (χ3n) is 4.60. The number of carbonyl (C=O) groups is 1. The highest BCUT2D eigenvalue weighted by Crippen LogP contribution is 2.21. The van der Waals surface area contributed by atoms with Crippen molar-refractivity contribution >= 4 is 16.9 Å². The second-order valence-electron chi connectivity index (χ2n) is 6.58. The van der Waals surface area contributed by atoms with Crippen LogP contribution in [0.5, 0.6) is 0 Å². The smallest absolute Gasteiger partial charge is 0.253 e. The lowest BCUT2D eigenvalue weighted by atomic mass is 10.1. The molecule has 2 aromatic rings. The third kappa shape index (κ3) is 3.56. The number of rotatable bonds is 5. The van der Waals surface area contributed by atoms with Gasteiger partial charge in [-0.05, 0) is 44.9 Å². The van der Waals surface area contributed by atoms with Crippen molar-refractivity contribution in [1.29, 1.82) is 0 Å². The van der Waals surface area contributed by atoms with Crippen LogP contribution in [0.25, 0.3) is 11.0 Å². The molecule has 0 radical (unpaired) electrons. The Hall–Kier alpha value is -2.01. The molecular weight excluding hydrogens is 302 g/mol. The molecule has 1 saturated heterocycles. The number of hydrogen-bond donors (Lipinski definition) is 0. The summed E-state index contributed by atoms with van der Waals surface area (Å²) in [6.45, 7) is 9.13. The summed E-state index contributed by atoms with van der Waals surface area (Å²) in [6.07, 6.45) is 2.05. The normalized spacial score (nSPS) is 17.6. The first kappa shape index (κ1) is 16.8. The van der Waals surface area contributed by atoms with Gasteiger partial charge in [-0.2, -0.15) is 0 Å². The first-order valence-electron chi connectivity index (χ1n) is 8.70. The predicted molar refractivity (Wildman–Crippen MR) is 94.1 cm³/mol. The van der Waals surface area contributed by atoms with Crippen molar-refractivity contribution in [2.45, 2.75) is 33.6 Å². The van der Waals surface area contributed by atoms with Crippen LogP contribution in [0.2, 0.25) is 0 Å². The lowest BCUT2D eigenvalue weighted by molar-refractivity contribution is 0.0754. The van der Waals surface area contributed by atoms with Gasteiger partial charge in [0, 0.05) is 31.2 Å². The molecule has 0 saturated carbocycles. The zero-order chi connectivity index (χ0) is 17.1. The fourth-order valence-corrected chi connectivity index (χ4v) is 3.09. The minimum atomic E-state index is 0.0786. The Morgan fingerprint density at radius 3 is 2.75 bits per heavy atom. The van der Waals surface area contributed by atoms with Crippen molar-refractivity contribution in [3.63, 3.8) is 0 Å². The maximum atomic E-state index is 12.8. The van der Waals surface area contributed by atoms with Crippen molar-refractivity contribution in [3.8, 4) is 0 Å². The number of aryl methyl sites for hydroxylation is 2. The standard InChI is InChI=1S/C19H25N3O2/c1-4-9-24-12-15-7-8-22(11-15)19(23)16-5-6-17-18(10-16)21-14(3)13(2)20-17/h5-6,10,15H,4,7-9,11-12H2,1-3H3/t15-/m1/s1. The Morgan fingerprint density at radius 1 is 1.25 bits per heavy atom. The van der Waals surface area contributed by atoms with Crippen molar-refractivity contribution in [3.05, 3.63) is 35.2 Å². The summed E-state index contributed by atoms with van der Waals surface area (Å²) in [5.41, 5.74) is 4.14. The molecule has 0 unspecified atom stereocenters. The van der Waals surface area contributed by atoms with E-state index in [0.29, 0.717) is 11.5 Å². The summed E-state index contributed by atoms with van der Waals surface area (Å²) in [5.74, 6) is 0.528. The Labute approximate surface area is 143 Å². The fraction of sp³-hybridized carbons (Fsp3) is 0.526. The van der Waals surface area contributed by atoms with E-state index in [1.54, 1.807) is 0 Å². The van der Waals surface area contributed by atoms with Crippen LogP contribution in [0.3, 0.4) is 0 Å². The van der Waals surface area contributed by atoms with Crippen LogP contribution in [0, 0.1) is 19.8 Å². The van der Waals surface area contributed by atoms with Crippen LogP contribution in [-0.2, 0) is 4.74 Å². The summed E-state index contributed by atoms with van der Waals surface area (Å²) in [5, 5.41) is 0. The van der Waals surface area contributed by atoms with E-state index < -0.39 is 0 Å². The highest BCUT2D eigenvalue weighted by atomic mass is 16.5. The molecule has 1 aliphatic heterocycles. The zero-order valence-electron chi connectivity index (χ0n) is 14.7. The maximum Gasteiger partial charge on any atom is 0.253 e. The number of ether oxygens (including phenoxy) is 1. The highest BCUT2D eigenvalue weighted by Gasteiger charge is 2.27. The van der Waals surface area contributed by atoms with Crippen LogP contribution in [0.4, 0.5) is 0 Å². The van der Waals surface area contributed by atoms with E-state index in [2.05, 4.69) is 16.9 Å². The zero-order valence-corrected chi connectivity index (χ0v) is 14.7. The Balaban J connectivity index is 1.71. The highest BCUT2D eigenvalue weighted by molar-refractivity contribution is 5.97. The number of hydrogen-bond acceptors (Lipinski definition) is 4. The summed E-state index contributed by atoms with van der Waals surface area (Å²) in [7, 11) is 0. The molecule has 5 nitrogen and oxygen atoms in total. The molecule has 1 fully saturated rings. The van der Waals surface area contributed by atoms with Gasteiger partial charge in [0.1, 0.15) is 0 Å². The molecule has 1 aromatic carbocycles. The minimum Gasteiger partial charge on any atom is -0.381 e. The van der Waals surface area contributed by atoms with E-state index in [4.69, 9.17) is 4.74 Å². The number of fused-ring (bicyclic) bond motifs is 1. The van der Waals surface area contributed by atoms with Crippen molar-refractivity contribution in [2.75, 3.05) is 26.3 Å². The largest absolute Gasteiger partial charge is 0.381 e. The van der Waals surface area contributed by atoms with Gasteiger partial charge in [-0.15, -0.1) is 0 Å². The van der Waals surface area contributed by atoms with E-state index in [9.17, 15) is 4.79 Å². The first-order chi connectivity index (χ1) is 11.6. The van der Waals surface area contributed by atoms with Crippen LogP contribution in [-0.4, -0.2) is 47.1 Å². The number of amides is 1. The van der Waals surface area contributed by atoms with Gasteiger partial charge in [0.25, 0.3) is 5.91 Å². The lowest BCUT2D eigenvalue weighted by Crippen LogP contribution is -2.29. The summed E-state index contributed by atoms with van der Waals surface area (Å²) >= 11 is 0. The Morgan fingerprint density at radius 2 is 2.00 bits per heavy atom. The average Bonchev–Trinajstić information content (AvgIpc) is 3.04. The molecule has 0 spiro atoms. The molecule has 1 aromatic heterocycles. The molecule has 2 heterocycles. The SMILES string of the molecule is CCCOC[C@@H]1CCN(C(=O)c2ccc3nc(C)c(C)nc3c2)C1. The monoisotopic (exact) mass is 327 g/mol. The summed E-state index contributed by atoms with van der Waals surface area (Å²) in [4.78, 5) is 23.8. The first-order valence-corrected chi connectivity index (χ1v) is 8.70. The third-order valence-corrected chi connectivity index (χ3v) is 4.60. The second kappa shape index (κ2) is 7.26. The van der Waals surface area contributed by atoms with Gasteiger partial charge < -0.3 is 9.64 Å². The average molecular weight is 327 g/mol. The Bertz CT molecular complexity index is 745. The van der Waals surface area contributed by atoms with E-state index in [1.165, 1.54) is 0 Å². The van der Waals surface area contributed by atoms with E-state index in [1.807, 2.05) is 36.9 Å². The van der Waals surface area contributed by atoms with E-state index in [0.717, 1.165) is 61.6 Å². The molecule has 5 heteroatoms. The minimum absolute atomic E-state index is 0.0786. The van der Waals surface area contributed by atoms with E-state index >= 15 is 0 Å². The van der Waals surface area contributed by atoms with Crippen LogP contribution in [0.15, 0.2) is 18.2 Å². The Kier molecular flexibility index (Phi) is 5.09. The second-order valence-corrected chi connectivity index (χ2v) is 6.58. The fourth-order valence-electron chi connectivity index (χ4n) is 3.09. The molecule has 0 bridgehead atoms. The van der Waals surface area contributed by atoms with Crippen molar-refractivity contribution in [1.82, 2.24) is 14.9 Å². The van der Waals surface area contributed by atoms with Gasteiger partial charge in [0.2, 0.25) is 0 Å². The number of nitrogens with zero attached hydrogens (tertiary/aromatic N) is 3. The topological polar surface area (TPSA) is 55.3 Å². The molecule has 1 atom stereocenters. The van der Waals surface area contributed by atoms with Crippen molar-refractivity contribution in [2.24, 2.45) is 5.92 Å². The molecule has 3 rings (SSSR count). The van der Waals surface area contributed by atoms with E-state index in [-0.39, 0.29) is 5.91 Å². The van der Waals surface area contributed by atoms with Crippen molar-refractivity contribution < 1.29 is 9.53 Å². The number of benzene rings is 1. The summed E-state index contributed by atoms with van der Waals surface area (Å²) < 4.78 is 5.63. The van der Waals surface area contributed by atoms with Crippen LogP contribution >= 0.6 is 0 Å². The predicted octanol–water partition coefficient (Wildman–Crippen LogP) is 3.14. The van der Waals surface area contributed by atoms with Gasteiger partial charge >= 0.3 is 0 Å². The van der Waals surface area contributed by atoms with Gasteiger partial charge in [0.05, 0.1) is 29.0 Å². The quantitative estimate of drug-likeness (QED) is 0.792. The molecule has 1 amide bonds. The number of aromatic nitrogens is 2. The van der Waals surface area contributed by atoms with Gasteiger partial charge in [-0.1, -0.05) is 6.92 Å². The molecule has 128 valence electrons. The van der Waals surface area contributed by atoms with Crippen LogP contribution < -0.4 is 0 Å². The lowest BCUT2D eigenvalue weighted by Gasteiger charge is -2.17. The maximum absolute atomic E-state index is 12.8. The van der Waals surface area contributed by atoms with Gasteiger partial charge in [0.15, 0.2) is 0 Å². The molecule has 0 N–H and O–H groups in total. The molecule has 24 heavy (non-hydrogen) atoms. The number of carbonyl (C=O) groups excluding carboxylic acids is 1. The summed E-state index contributed by atoms with van der Waals surface area (Å²) in [6, 6.07) is 5.60.